The van der Waals surface area contributed by atoms with E-state index in [4.69, 9.17) is 9.84 Å². The van der Waals surface area contributed by atoms with Gasteiger partial charge in [-0.05, 0) is 43.2 Å². The van der Waals surface area contributed by atoms with E-state index in [1.54, 1.807) is 28.7 Å². The molecule has 11 heteroatoms. The molecule has 4 aromatic rings. The summed E-state index contributed by atoms with van der Waals surface area (Å²) in [5, 5.41) is 15.3. The first-order valence-electron chi connectivity index (χ1n) is 13.3. The highest BCUT2D eigenvalue weighted by Gasteiger charge is 2.58. The lowest BCUT2D eigenvalue weighted by molar-refractivity contribution is 0.0395. The number of ether oxygens (including phenoxy) is 1. The van der Waals surface area contributed by atoms with Crippen LogP contribution in [0.1, 0.15) is 23.5 Å². The van der Waals surface area contributed by atoms with E-state index >= 15 is 0 Å². The molecule has 9 nitrogen and oxygen atoms in total. The minimum absolute atomic E-state index is 0.0649. The molecule has 2 amide bonds. The van der Waals surface area contributed by atoms with Crippen LogP contribution in [-0.2, 0) is 11.8 Å². The number of carbonyl (C=O) groups excluding carboxylic acids is 1. The lowest BCUT2D eigenvalue weighted by Crippen LogP contribution is -2.54. The van der Waals surface area contributed by atoms with Crippen molar-refractivity contribution in [3.05, 3.63) is 83.7 Å². The van der Waals surface area contributed by atoms with Crippen LogP contribution in [0.5, 0.6) is 0 Å². The number of rotatable bonds is 8. The first-order valence-corrected chi connectivity index (χ1v) is 13.3. The molecule has 2 saturated heterocycles. The molecule has 2 aromatic carbocycles. The van der Waals surface area contributed by atoms with E-state index in [0.29, 0.717) is 30.2 Å². The van der Waals surface area contributed by atoms with Crippen LogP contribution in [0.4, 0.5) is 19.4 Å². The lowest BCUT2D eigenvalue weighted by atomic mass is 9.92. The Bertz CT molecular complexity index is 1540. The van der Waals surface area contributed by atoms with Crippen LogP contribution >= 0.6 is 0 Å². The molecule has 2 N–H and O–H groups in total. The van der Waals surface area contributed by atoms with Crippen molar-refractivity contribution < 1.29 is 18.3 Å². The number of amides is 2. The van der Waals surface area contributed by atoms with Crippen LogP contribution in [0.25, 0.3) is 16.9 Å². The second kappa shape index (κ2) is 10.5. The van der Waals surface area contributed by atoms with Crippen LogP contribution in [-0.4, -0.2) is 68.9 Å². The van der Waals surface area contributed by atoms with Crippen LogP contribution in [0.2, 0.25) is 0 Å². The normalized spacial score (nSPS) is 21.8. The van der Waals surface area contributed by atoms with Gasteiger partial charge in [-0.15, -0.1) is 0 Å². The van der Waals surface area contributed by atoms with E-state index in [9.17, 15) is 13.6 Å². The van der Waals surface area contributed by atoms with Gasteiger partial charge in [-0.2, -0.15) is 10.2 Å². The molecule has 2 bridgehead atoms. The van der Waals surface area contributed by atoms with Crippen LogP contribution in [0.3, 0.4) is 0 Å². The van der Waals surface area contributed by atoms with Gasteiger partial charge in [0.2, 0.25) is 0 Å². The Morgan fingerprint density at radius 1 is 1.12 bits per heavy atom. The van der Waals surface area contributed by atoms with Crippen molar-refractivity contribution in [1.82, 2.24) is 29.8 Å². The van der Waals surface area contributed by atoms with Gasteiger partial charge in [0.1, 0.15) is 11.5 Å². The van der Waals surface area contributed by atoms with Crippen molar-refractivity contribution in [3.8, 4) is 16.9 Å². The van der Waals surface area contributed by atoms with Gasteiger partial charge in [-0.3, -0.25) is 14.9 Å². The second-order valence-electron chi connectivity index (χ2n) is 10.4. The van der Waals surface area contributed by atoms with Gasteiger partial charge in [0.05, 0.1) is 24.5 Å². The standard InChI is InChI=1S/C29H31F2N7O2/c1-17-26(19-15-32-36(2)16-19)35-38(20-7-5-4-6-8-20)28(17)34-29(39)33-27-24-14-23(37(24)11-12-40-3)25(27)18-9-10-21(30)22(31)13-18/h4-10,13,15-16,23-25,27H,11-12,14H2,1-3H3,(H2,33,34,39)/t23-,24+,25+,27+/m0/s1. The smallest absolute Gasteiger partial charge is 0.320 e. The van der Waals surface area contributed by atoms with Crippen molar-refractivity contribution >= 4 is 11.8 Å². The number of benzene rings is 2. The molecule has 0 radical (unpaired) electrons. The van der Waals surface area contributed by atoms with E-state index in [-0.39, 0.29) is 24.0 Å². The molecule has 4 atom stereocenters. The zero-order valence-corrected chi connectivity index (χ0v) is 22.5. The quantitative estimate of drug-likeness (QED) is 0.345. The van der Waals surface area contributed by atoms with Gasteiger partial charge in [0.25, 0.3) is 0 Å². The van der Waals surface area contributed by atoms with Crippen molar-refractivity contribution in [2.45, 2.75) is 37.4 Å². The third kappa shape index (κ3) is 4.54. The minimum atomic E-state index is -0.890. The first-order chi connectivity index (χ1) is 19.4. The maximum Gasteiger partial charge on any atom is 0.320 e. The van der Waals surface area contributed by atoms with Gasteiger partial charge < -0.3 is 10.1 Å². The summed E-state index contributed by atoms with van der Waals surface area (Å²) in [5.74, 6) is -1.43. The molecule has 1 aliphatic carbocycles. The second-order valence-corrected chi connectivity index (χ2v) is 10.4. The summed E-state index contributed by atoms with van der Waals surface area (Å²) in [6, 6.07) is 13.1. The number of halogens is 2. The fourth-order valence-electron chi connectivity index (χ4n) is 6.19. The maximum atomic E-state index is 14.2. The third-order valence-electron chi connectivity index (χ3n) is 8.06. The van der Waals surface area contributed by atoms with Crippen LogP contribution < -0.4 is 10.6 Å². The minimum Gasteiger partial charge on any atom is -0.383 e. The molecule has 2 aliphatic heterocycles. The van der Waals surface area contributed by atoms with E-state index in [1.165, 1.54) is 6.07 Å². The average Bonchev–Trinajstić information content (AvgIpc) is 3.68. The number of methoxy groups -OCH3 is 1. The zero-order valence-electron chi connectivity index (χ0n) is 22.5. The zero-order chi connectivity index (χ0) is 28.0. The number of nitrogens with one attached hydrogen (secondary N) is 2. The Labute approximate surface area is 230 Å². The number of hydrogen-bond acceptors (Lipinski definition) is 5. The Kier molecular flexibility index (Phi) is 6.85. The number of para-hydroxylation sites is 1. The summed E-state index contributed by atoms with van der Waals surface area (Å²) in [5.41, 5.74) is 3.80. The van der Waals surface area contributed by atoms with E-state index < -0.39 is 17.7 Å². The van der Waals surface area contributed by atoms with Gasteiger partial charge in [0, 0.05) is 56.0 Å². The highest BCUT2D eigenvalue weighted by Crippen LogP contribution is 2.50. The Morgan fingerprint density at radius 3 is 2.62 bits per heavy atom. The number of hydrogen-bond donors (Lipinski definition) is 2. The Balaban J connectivity index is 1.30. The van der Waals surface area contributed by atoms with Crippen molar-refractivity contribution in [2.24, 2.45) is 7.05 Å². The maximum absolute atomic E-state index is 14.2. The molecule has 2 aromatic heterocycles. The monoisotopic (exact) mass is 547 g/mol. The summed E-state index contributed by atoms with van der Waals surface area (Å²) in [4.78, 5) is 15.9. The fourth-order valence-corrected chi connectivity index (χ4v) is 6.19. The molecular weight excluding hydrogens is 516 g/mol. The van der Waals surface area contributed by atoms with Crippen LogP contribution in [0.15, 0.2) is 60.9 Å². The summed E-state index contributed by atoms with van der Waals surface area (Å²) in [7, 11) is 3.49. The predicted molar refractivity (Wildman–Crippen MR) is 146 cm³/mol. The number of urea groups is 1. The third-order valence-corrected chi connectivity index (χ3v) is 8.06. The van der Waals surface area contributed by atoms with Gasteiger partial charge >= 0.3 is 6.03 Å². The molecule has 7 rings (SSSR count). The first kappa shape index (κ1) is 26.1. The highest BCUT2D eigenvalue weighted by atomic mass is 19.2. The molecular formula is C29H31F2N7O2. The topological polar surface area (TPSA) is 89.2 Å². The van der Waals surface area contributed by atoms with Crippen LogP contribution in [0, 0.1) is 18.6 Å². The molecule has 4 heterocycles. The molecule has 0 unspecified atom stereocenters. The molecule has 0 spiro atoms. The van der Waals surface area contributed by atoms with Gasteiger partial charge in [-0.1, -0.05) is 24.3 Å². The number of nitrogens with zero attached hydrogens (tertiary/aromatic N) is 5. The summed E-state index contributed by atoms with van der Waals surface area (Å²) in [6.07, 6.45) is 4.47. The van der Waals surface area contributed by atoms with E-state index in [0.717, 1.165) is 29.3 Å². The Morgan fingerprint density at radius 2 is 1.93 bits per heavy atom. The highest BCUT2D eigenvalue weighted by molar-refractivity contribution is 5.91. The number of anilines is 1. The molecule has 208 valence electrons. The van der Waals surface area contributed by atoms with Crippen molar-refractivity contribution in [1.29, 1.82) is 0 Å². The molecule has 3 fully saturated rings. The summed E-state index contributed by atoms with van der Waals surface area (Å²) < 4.78 is 36.7. The lowest BCUT2D eigenvalue weighted by Gasteiger charge is -2.41. The van der Waals surface area contributed by atoms with E-state index in [1.807, 2.05) is 50.5 Å². The van der Waals surface area contributed by atoms with Gasteiger partial charge in [0.15, 0.2) is 11.6 Å². The largest absolute Gasteiger partial charge is 0.383 e. The number of fused-ring (bicyclic) bond motifs is 1. The van der Waals surface area contributed by atoms with Crippen molar-refractivity contribution in [3.63, 3.8) is 0 Å². The van der Waals surface area contributed by atoms with E-state index in [2.05, 4.69) is 20.6 Å². The fraction of sp³-hybridized carbons (Fsp3) is 0.345. The number of aromatic nitrogens is 4. The number of aryl methyl sites for hydroxylation is 1. The molecule has 3 aliphatic rings. The average molecular weight is 548 g/mol. The summed E-state index contributed by atoms with van der Waals surface area (Å²) in [6.45, 7) is 3.15. The van der Waals surface area contributed by atoms with Crippen molar-refractivity contribution in [2.75, 3.05) is 25.6 Å². The predicted octanol–water partition coefficient (Wildman–Crippen LogP) is 4.24. The SMILES string of the molecule is COCCN1[C@@H]2C[C@H]1[C@@H](c1ccc(F)c(F)c1)[C@@H]2NC(=O)Nc1c(C)c(-c2cnn(C)c2)nn1-c1ccccc1. The molecule has 1 saturated carbocycles. The number of carbonyl (C=O) groups is 1. The van der Waals surface area contributed by atoms with Gasteiger partial charge in [-0.25, -0.2) is 18.3 Å². The summed E-state index contributed by atoms with van der Waals surface area (Å²) >= 11 is 0. The Hall–Kier alpha value is -4.09. The molecule has 40 heavy (non-hydrogen) atoms.